The van der Waals surface area contributed by atoms with Crippen molar-refractivity contribution in [3.63, 3.8) is 0 Å². The van der Waals surface area contributed by atoms with Gasteiger partial charge in [0.25, 0.3) is 0 Å². The van der Waals surface area contributed by atoms with E-state index in [1.165, 1.54) is 12.5 Å². The zero-order valence-corrected chi connectivity index (χ0v) is 12.4. The molecule has 0 radical (unpaired) electrons. The van der Waals surface area contributed by atoms with Crippen LogP contribution in [-0.2, 0) is 4.79 Å². The molecule has 3 heterocycles. The lowest BCUT2D eigenvalue weighted by Crippen LogP contribution is -2.50. The second-order valence-electron chi connectivity index (χ2n) is 4.94. The molecule has 112 valence electrons. The molecule has 21 heavy (non-hydrogen) atoms. The van der Waals surface area contributed by atoms with E-state index in [2.05, 4.69) is 25.2 Å². The lowest BCUT2D eigenvalue weighted by Gasteiger charge is -2.35. The van der Waals surface area contributed by atoms with Crippen molar-refractivity contribution in [1.82, 2.24) is 29.9 Å². The molecule has 8 nitrogen and oxygen atoms in total. The maximum atomic E-state index is 12.5. The highest BCUT2D eigenvalue weighted by molar-refractivity contribution is 6.30. The Morgan fingerprint density at radius 1 is 1.38 bits per heavy atom. The van der Waals surface area contributed by atoms with Gasteiger partial charge in [-0.25, -0.2) is 5.10 Å². The standard InChI is InChI=1S/C12H16ClN7O/c1-9(20-7-10(13)6-16-20)11(21)18-2-4-19(5-3-18)12-14-8-15-17-12/h6-9H,2-5H2,1H3,(H,14,15,17). The van der Waals surface area contributed by atoms with E-state index in [1.54, 1.807) is 10.9 Å². The van der Waals surface area contributed by atoms with Crippen LogP contribution in [0.4, 0.5) is 5.95 Å². The minimum absolute atomic E-state index is 0.0481. The fourth-order valence-corrected chi connectivity index (χ4v) is 2.54. The number of H-pyrrole nitrogens is 1. The Morgan fingerprint density at radius 3 is 2.71 bits per heavy atom. The van der Waals surface area contributed by atoms with Gasteiger partial charge >= 0.3 is 0 Å². The smallest absolute Gasteiger partial charge is 0.247 e. The minimum atomic E-state index is -0.352. The summed E-state index contributed by atoms with van der Waals surface area (Å²) in [6.07, 6.45) is 4.68. The number of carbonyl (C=O) groups is 1. The van der Waals surface area contributed by atoms with E-state index in [1.807, 2.05) is 11.8 Å². The zero-order chi connectivity index (χ0) is 14.8. The van der Waals surface area contributed by atoms with Crippen molar-refractivity contribution in [3.8, 4) is 0 Å². The number of aromatic nitrogens is 5. The van der Waals surface area contributed by atoms with Crippen molar-refractivity contribution in [2.45, 2.75) is 13.0 Å². The van der Waals surface area contributed by atoms with Crippen LogP contribution < -0.4 is 4.90 Å². The van der Waals surface area contributed by atoms with Crippen molar-refractivity contribution >= 4 is 23.5 Å². The Bertz CT molecular complexity index is 603. The third-order valence-electron chi connectivity index (χ3n) is 3.62. The van der Waals surface area contributed by atoms with Crippen LogP contribution in [-0.4, -0.2) is 61.9 Å². The van der Waals surface area contributed by atoms with Gasteiger partial charge in [-0.15, -0.1) is 0 Å². The van der Waals surface area contributed by atoms with Crippen molar-refractivity contribution in [2.24, 2.45) is 0 Å². The SMILES string of the molecule is CC(C(=O)N1CCN(c2ncn[nH]2)CC1)n1cc(Cl)cn1. The number of hydrogen-bond donors (Lipinski definition) is 1. The molecule has 0 bridgehead atoms. The van der Waals surface area contributed by atoms with E-state index in [0.717, 1.165) is 19.0 Å². The largest absolute Gasteiger partial charge is 0.338 e. The summed E-state index contributed by atoms with van der Waals surface area (Å²) in [5, 5.41) is 11.3. The summed E-state index contributed by atoms with van der Waals surface area (Å²) in [4.78, 5) is 20.5. The maximum Gasteiger partial charge on any atom is 0.247 e. The van der Waals surface area contributed by atoms with Gasteiger partial charge in [0.15, 0.2) is 0 Å². The van der Waals surface area contributed by atoms with Crippen molar-refractivity contribution in [3.05, 3.63) is 23.7 Å². The maximum absolute atomic E-state index is 12.5. The topological polar surface area (TPSA) is 82.9 Å². The van der Waals surface area contributed by atoms with Gasteiger partial charge in [0.1, 0.15) is 12.4 Å². The molecule has 1 atom stereocenters. The molecule has 3 rings (SSSR count). The molecule has 1 fully saturated rings. The highest BCUT2D eigenvalue weighted by Crippen LogP contribution is 2.16. The number of nitrogens with one attached hydrogen (secondary N) is 1. The number of rotatable bonds is 3. The molecule has 0 aromatic carbocycles. The van der Waals surface area contributed by atoms with E-state index >= 15 is 0 Å². The average molecular weight is 310 g/mol. The van der Waals surface area contributed by atoms with Crippen molar-refractivity contribution in [1.29, 1.82) is 0 Å². The molecule has 0 saturated carbocycles. The second kappa shape index (κ2) is 5.72. The number of aromatic amines is 1. The minimum Gasteiger partial charge on any atom is -0.338 e. The quantitative estimate of drug-likeness (QED) is 0.896. The molecular formula is C12H16ClN7O. The normalized spacial score (nSPS) is 17.0. The van der Waals surface area contributed by atoms with Gasteiger partial charge in [-0.3, -0.25) is 9.48 Å². The predicted octanol–water partition coefficient (Wildman–Crippen LogP) is 0.564. The van der Waals surface area contributed by atoms with Crippen LogP contribution in [0.3, 0.4) is 0 Å². The van der Waals surface area contributed by atoms with Gasteiger partial charge in [-0.1, -0.05) is 11.6 Å². The molecule has 0 aliphatic carbocycles. The summed E-state index contributed by atoms with van der Waals surface area (Å²) >= 11 is 5.84. The zero-order valence-electron chi connectivity index (χ0n) is 11.6. The Morgan fingerprint density at radius 2 is 2.14 bits per heavy atom. The van der Waals surface area contributed by atoms with E-state index < -0.39 is 0 Å². The number of halogens is 1. The molecule has 2 aromatic heterocycles. The third-order valence-corrected chi connectivity index (χ3v) is 3.81. The van der Waals surface area contributed by atoms with Gasteiger partial charge in [-0.05, 0) is 6.92 Å². The Kier molecular flexibility index (Phi) is 3.78. The monoisotopic (exact) mass is 309 g/mol. The van der Waals surface area contributed by atoms with Gasteiger partial charge in [0.2, 0.25) is 11.9 Å². The van der Waals surface area contributed by atoms with Crippen LogP contribution in [0.25, 0.3) is 0 Å². The highest BCUT2D eigenvalue weighted by atomic mass is 35.5. The highest BCUT2D eigenvalue weighted by Gasteiger charge is 2.27. The Hall–Kier alpha value is -2.09. The molecule has 1 N–H and O–H groups in total. The first-order valence-electron chi connectivity index (χ1n) is 6.74. The molecular weight excluding hydrogens is 294 g/mol. The van der Waals surface area contributed by atoms with E-state index in [-0.39, 0.29) is 11.9 Å². The molecule has 2 aromatic rings. The first-order valence-corrected chi connectivity index (χ1v) is 7.11. The van der Waals surface area contributed by atoms with Crippen LogP contribution >= 0.6 is 11.6 Å². The molecule has 1 aliphatic heterocycles. The van der Waals surface area contributed by atoms with Crippen molar-refractivity contribution < 1.29 is 4.79 Å². The van der Waals surface area contributed by atoms with Crippen molar-refractivity contribution in [2.75, 3.05) is 31.1 Å². The summed E-state index contributed by atoms with van der Waals surface area (Å²) in [5.74, 6) is 0.793. The predicted molar refractivity (Wildman–Crippen MR) is 77.1 cm³/mol. The van der Waals surface area contributed by atoms with E-state index in [0.29, 0.717) is 18.1 Å². The van der Waals surface area contributed by atoms with Gasteiger partial charge in [0.05, 0.1) is 11.2 Å². The third kappa shape index (κ3) is 2.85. The average Bonchev–Trinajstić information content (AvgIpc) is 3.17. The van der Waals surface area contributed by atoms with Crippen LogP contribution in [0.5, 0.6) is 0 Å². The van der Waals surface area contributed by atoms with Crippen LogP contribution in [0.15, 0.2) is 18.7 Å². The first-order chi connectivity index (χ1) is 10.1. The molecule has 1 saturated heterocycles. The first kappa shape index (κ1) is 13.9. The number of nitrogens with zero attached hydrogens (tertiary/aromatic N) is 6. The second-order valence-corrected chi connectivity index (χ2v) is 5.37. The number of piperazine rings is 1. The Labute approximate surface area is 126 Å². The summed E-state index contributed by atoms with van der Waals surface area (Å²) < 4.78 is 1.59. The van der Waals surface area contributed by atoms with Gasteiger partial charge in [0, 0.05) is 32.4 Å². The molecule has 1 aliphatic rings. The summed E-state index contributed by atoms with van der Waals surface area (Å²) in [7, 11) is 0. The van der Waals surface area contributed by atoms with E-state index in [4.69, 9.17) is 11.6 Å². The number of anilines is 1. The fraction of sp³-hybridized carbons (Fsp3) is 0.500. The summed E-state index contributed by atoms with van der Waals surface area (Å²) in [5.41, 5.74) is 0. The van der Waals surface area contributed by atoms with E-state index in [9.17, 15) is 4.79 Å². The van der Waals surface area contributed by atoms with Gasteiger partial charge in [-0.2, -0.15) is 15.2 Å². The fourth-order valence-electron chi connectivity index (χ4n) is 2.39. The number of amides is 1. The number of carbonyl (C=O) groups excluding carboxylic acids is 1. The summed E-state index contributed by atoms with van der Waals surface area (Å²) in [6.45, 7) is 4.59. The summed E-state index contributed by atoms with van der Waals surface area (Å²) in [6, 6.07) is -0.352. The number of hydrogen-bond acceptors (Lipinski definition) is 5. The van der Waals surface area contributed by atoms with Crippen LogP contribution in [0, 0.1) is 0 Å². The molecule has 1 amide bonds. The molecule has 1 unspecified atom stereocenters. The Balaban J connectivity index is 1.60. The molecule has 9 heteroatoms. The lowest BCUT2D eigenvalue weighted by atomic mass is 10.2. The lowest BCUT2D eigenvalue weighted by molar-refractivity contribution is -0.134. The molecule has 0 spiro atoms. The van der Waals surface area contributed by atoms with Crippen LogP contribution in [0.2, 0.25) is 5.02 Å². The van der Waals surface area contributed by atoms with Crippen LogP contribution in [0.1, 0.15) is 13.0 Å². The van der Waals surface area contributed by atoms with Gasteiger partial charge < -0.3 is 9.80 Å².